The zero-order valence-electron chi connectivity index (χ0n) is 20.9. The maximum Gasteiger partial charge on any atom is 0.272 e. The van der Waals surface area contributed by atoms with Gasteiger partial charge in [-0.05, 0) is 35.4 Å². The van der Waals surface area contributed by atoms with Crippen molar-refractivity contribution in [3.63, 3.8) is 0 Å². The number of fused-ring (bicyclic) bond motifs is 1. The molecule has 0 aliphatic rings. The SMILES string of the molecule is CC.CNc1ccc(CNC(=O)C(Cl)(Cl)Cl)cc1C(=O)c1cc(=O)c2cc(CNC(=O)C(Cl)(Cl)Cl)ccc2[nH]1. The van der Waals surface area contributed by atoms with Crippen LogP contribution in [0.4, 0.5) is 5.69 Å². The second kappa shape index (κ2) is 13.9. The van der Waals surface area contributed by atoms with E-state index >= 15 is 0 Å². The third kappa shape index (κ3) is 8.90. The number of benzene rings is 2. The Hall–Kier alpha value is -2.20. The molecule has 210 valence electrons. The zero-order chi connectivity index (χ0) is 29.5. The molecule has 0 saturated heterocycles. The number of H-pyrrole nitrogens is 1. The standard InChI is InChI=1S/C23H18Cl6N4O4.C2H6/c1-30-15-4-2-12(10-32-21(37)23(27,28)29)7-14(15)19(35)17-8-18(34)13-6-11(3-5-16(13)33-17)9-31-20(36)22(24,25)26;1-2/h2-8,30H,9-10H2,1H3,(H,31,36)(H,32,37)(H,33,34);1-2H3. The van der Waals surface area contributed by atoms with Crippen molar-refractivity contribution in [3.05, 3.63) is 75.1 Å². The van der Waals surface area contributed by atoms with Gasteiger partial charge in [0.1, 0.15) is 0 Å². The summed E-state index contributed by atoms with van der Waals surface area (Å²) in [5, 5.41) is 8.16. The summed E-state index contributed by atoms with van der Waals surface area (Å²) in [5.74, 6) is -2.08. The molecular formula is C25H24Cl6N4O4. The van der Waals surface area contributed by atoms with Crippen LogP contribution < -0.4 is 21.4 Å². The maximum atomic E-state index is 13.4. The smallest absolute Gasteiger partial charge is 0.272 e. The number of rotatable bonds is 7. The van der Waals surface area contributed by atoms with Gasteiger partial charge in [-0.1, -0.05) is 95.6 Å². The average molecular weight is 657 g/mol. The second-order valence-electron chi connectivity index (χ2n) is 7.75. The number of hydrogen-bond donors (Lipinski definition) is 4. The van der Waals surface area contributed by atoms with Gasteiger partial charge in [-0.15, -0.1) is 0 Å². The number of pyridine rings is 1. The van der Waals surface area contributed by atoms with E-state index in [4.69, 9.17) is 69.6 Å². The Bertz CT molecular complexity index is 1430. The fourth-order valence-electron chi connectivity index (χ4n) is 3.34. The number of halogens is 6. The van der Waals surface area contributed by atoms with Gasteiger partial charge in [-0.3, -0.25) is 19.2 Å². The summed E-state index contributed by atoms with van der Waals surface area (Å²) < 4.78 is -4.23. The van der Waals surface area contributed by atoms with Gasteiger partial charge >= 0.3 is 0 Å². The highest BCUT2D eigenvalue weighted by molar-refractivity contribution is 6.76. The van der Waals surface area contributed by atoms with Crippen molar-refractivity contribution in [3.8, 4) is 0 Å². The molecule has 0 aliphatic heterocycles. The summed E-state index contributed by atoms with van der Waals surface area (Å²) in [6.07, 6.45) is 0. The number of carbonyl (C=O) groups is 3. The number of aromatic amines is 1. The number of carbonyl (C=O) groups excluding carboxylic acids is 3. The highest BCUT2D eigenvalue weighted by atomic mass is 35.6. The molecule has 1 aromatic heterocycles. The van der Waals surface area contributed by atoms with E-state index in [-0.39, 0.29) is 24.3 Å². The number of aromatic nitrogens is 1. The highest BCUT2D eigenvalue weighted by Gasteiger charge is 2.31. The lowest BCUT2D eigenvalue weighted by atomic mass is 10.0. The molecule has 0 aliphatic carbocycles. The van der Waals surface area contributed by atoms with Gasteiger partial charge in [0, 0.05) is 48.4 Å². The normalized spacial score (nSPS) is 11.3. The van der Waals surface area contributed by atoms with Crippen LogP contribution in [0.15, 0.2) is 47.3 Å². The molecule has 1 heterocycles. The summed E-state index contributed by atoms with van der Waals surface area (Å²) in [5.41, 5.74) is 1.95. The minimum Gasteiger partial charge on any atom is -0.388 e. The van der Waals surface area contributed by atoms with Crippen molar-refractivity contribution in [2.45, 2.75) is 34.5 Å². The van der Waals surface area contributed by atoms with Gasteiger partial charge in [0.05, 0.1) is 5.69 Å². The van der Waals surface area contributed by atoms with Gasteiger partial charge < -0.3 is 20.9 Å². The Kier molecular flexibility index (Phi) is 11.8. The minimum absolute atomic E-state index is 0.00283. The van der Waals surface area contributed by atoms with Crippen LogP contribution in [0, 0.1) is 0 Å². The van der Waals surface area contributed by atoms with Crippen LogP contribution in [0.25, 0.3) is 10.9 Å². The van der Waals surface area contributed by atoms with Crippen molar-refractivity contribution in [1.29, 1.82) is 0 Å². The number of hydrogen-bond acceptors (Lipinski definition) is 5. The first-order valence-corrected chi connectivity index (χ1v) is 13.7. The first-order valence-electron chi connectivity index (χ1n) is 11.4. The molecule has 2 aromatic carbocycles. The van der Waals surface area contributed by atoms with E-state index < -0.39 is 30.6 Å². The van der Waals surface area contributed by atoms with Crippen molar-refractivity contribution in [2.75, 3.05) is 12.4 Å². The molecule has 0 saturated carbocycles. The van der Waals surface area contributed by atoms with E-state index in [1.165, 1.54) is 6.07 Å². The van der Waals surface area contributed by atoms with Crippen LogP contribution in [0.2, 0.25) is 0 Å². The molecule has 0 spiro atoms. The van der Waals surface area contributed by atoms with Gasteiger partial charge in [-0.25, -0.2) is 0 Å². The van der Waals surface area contributed by atoms with E-state index in [1.807, 2.05) is 13.8 Å². The summed E-state index contributed by atoms with van der Waals surface area (Å²) in [6.45, 7) is 4.03. The van der Waals surface area contributed by atoms with Gasteiger partial charge in [-0.2, -0.15) is 0 Å². The van der Waals surface area contributed by atoms with Crippen molar-refractivity contribution >= 4 is 104 Å². The van der Waals surface area contributed by atoms with E-state index in [0.717, 1.165) is 0 Å². The largest absolute Gasteiger partial charge is 0.388 e. The van der Waals surface area contributed by atoms with Crippen LogP contribution in [0.3, 0.4) is 0 Å². The van der Waals surface area contributed by atoms with Crippen LogP contribution in [0.1, 0.15) is 41.0 Å². The van der Waals surface area contributed by atoms with Crippen LogP contribution in [-0.4, -0.2) is 37.2 Å². The summed E-state index contributed by atoms with van der Waals surface area (Å²) >= 11 is 33.3. The predicted molar refractivity (Wildman–Crippen MR) is 160 cm³/mol. The van der Waals surface area contributed by atoms with Crippen LogP contribution in [-0.2, 0) is 22.7 Å². The molecule has 3 rings (SSSR count). The number of anilines is 1. The third-order valence-electron chi connectivity index (χ3n) is 5.16. The number of ketones is 1. The lowest BCUT2D eigenvalue weighted by Gasteiger charge is -2.14. The van der Waals surface area contributed by atoms with Crippen LogP contribution >= 0.6 is 69.6 Å². The van der Waals surface area contributed by atoms with Gasteiger partial charge in [0.15, 0.2) is 5.43 Å². The predicted octanol–water partition coefficient (Wildman–Crippen LogP) is 5.80. The molecule has 0 atom stereocenters. The van der Waals surface area contributed by atoms with E-state index in [9.17, 15) is 19.2 Å². The number of nitrogens with one attached hydrogen (secondary N) is 4. The number of alkyl halides is 6. The quantitative estimate of drug-likeness (QED) is 0.189. The fraction of sp³-hybridized carbons (Fsp3) is 0.280. The summed E-state index contributed by atoms with van der Waals surface area (Å²) in [7, 11) is 1.64. The highest BCUT2D eigenvalue weighted by Crippen LogP contribution is 2.27. The number of amides is 2. The molecule has 0 unspecified atom stereocenters. The molecule has 8 nitrogen and oxygen atoms in total. The molecule has 4 N–H and O–H groups in total. The Morgan fingerprint density at radius 1 is 0.795 bits per heavy atom. The Morgan fingerprint density at radius 3 is 1.82 bits per heavy atom. The Labute approximate surface area is 254 Å². The van der Waals surface area contributed by atoms with E-state index in [0.29, 0.717) is 27.7 Å². The van der Waals surface area contributed by atoms with Gasteiger partial charge in [0.25, 0.3) is 19.4 Å². The topological polar surface area (TPSA) is 120 Å². The van der Waals surface area contributed by atoms with Crippen molar-refractivity contribution in [1.82, 2.24) is 15.6 Å². The summed E-state index contributed by atoms with van der Waals surface area (Å²) in [6, 6.07) is 10.9. The van der Waals surface area contributed by atoms with Crippen LogP contribution in [0.5, 0.6) is 0 Å². The first kappa shape index (κ1) is 33.0. The Balaban J connectivity index is 0.00000260. The molecular weight excluding hydrogens is 633 g/mol. The zero-order valence-corrected chi connectivity index (χ0v) is 25.4. The lowest BCUT2D eigenvalue weighted by Crippen LogP contribution is -2.34. The molecule has 0 fully saturated rings. The van der Waals surface area contributed by atoms with Crippen molar-refractivity contribution in [2.24, 2.45) is 0 Å². The second-order valence-corrected chi connectivity index (χ2v) is 12.3. The minimum atomic E-state index is -2.12. The first-order chi connectivity index (χ1) is 18.2. The summed E-state index contributed by atoms with van der Waals surface area (Å²) in [4.78, 5) is 52.8. The third-order valence-corrected chi connectivity index (χ3v) is 6.19. The Morgan fingerprint density at radius 2 is 1.31 bits per heavy atom. The molecule has 39 heavy (non-hydrogen) atoms. The molecule has 14 heteroatoms. The molecule has 0 radical (unpaired) electrons. The molecule has 3 aromatic rings. The monoisotopic (exact) mass is 654 g/mol. The average Bonchev–Trinajstić information content (AvgIpc) is 2.89. The maximum absolute atomic E-state index is 13.4. The van der Waals surface area contributed by atoms with E-state index in [1.54, 1.807) is 43.4 Å². The lowest BCUT2D eigenvalue weighted by molar-refractivity contribution is -0.121. The van der Waals surface area contributed by atoms with E-state index in [2.05, 4.69) is 20.9 Å². The molecule has 0 bridgehead atoms. The molecule has 2 amide bonds. The van der Waals surface area contributed by atoms with Crippen molar-refractivity contribution < 1.29 is 14.4 Å². The van der Waals surface area contributed by atoms with Gasteiger partial charge in [0.2, 0.25) is 5.78 Å². The fourth-order valence-corrected chi connectivity index (χ4v) is 3.74.